The maximum atomic E-state index is 13.0. The fourth-order valence-corrected chi connectivity index (χ4v) is 3.50. The highest BCUT2D eigenvalue weighted by Gasteiger charge is 2.24. The van der Waals surface area contributed by atoms with Crippen molar-refractivity contribution in [3.05, 3.63) is 58.9 Å². The Hall–Kier alpha value is -2.83. The molecule has 1 aliphatic heterocycles. The Kier molecular flexibility index (Phi) is 5.78. The number of aromatic nitrogens is 2. The lowest BCUT2D eigenvalue weighted by molar-refractivity contribution is -0.132. The van der Waals surface area contributed by atoms with Crippen molar-refractivity contribution < 1.29 is 14.0 Å². The van der Waals surface area contributed by atoms with Crippen molar-refractivity contribution in [2.45, 2.75) is 32.6 Å². The number of halogens is 1. The van der Waals surface area contributed by atoms with Crippen LogP contribution in [-0.4, -0.2) is 39.8 Å². The predicted molar refractivity (Wildman–Crippen MR) is 98.4 cm³/mol. The highest BCUT2D eigenvalue weighted by molar-refractivity contribution is 5.90. The monoisotopic (exact) mass is 370 g/mol. The Balaban J connectivity index is 1.63. The van der Waals surface area contributed by atoms with Crippen LogP contribution in [0.1, 0.15) is 40.4 Å². The Morgan fingerprint density at radius 2 is 2.00 bits per heavy atom. The van der Waals surface area contributed by atoms with E-state index in [-0.39, 0.29) is 29.8 Å². The third kappa shape index (κ3) is 5.09. The molecule has 1 aromatic carbocycles. The lowest BCUT2D eigenvalue weighted by Gasteiger charge is -2.33. The fourth-order valence-electron chi connectivity index (χ4n) is 3.50. The third-order valence-electron chi connectivity index (χ3n) is 4.78. The summed E-state index contributed by atoms with van der Waals surface area (Å²) in [6.45, 7) is 3.11. The van der Waals surface area contributed by atoms with Crippen molar-refractivity contribution in [2.75, 3.05) is 13.1 Å². The molecule has 1 aliphatic rings. The first-order valence-electron chi connectivity index (χ1n) is 9.07. The standard InChI is InChI=1S/C20H23FN4O2/c1-13-23-17(11-18(24-13)20(22)27)9-15-3-2-8-25(12-15)19(26)10-14-4-6-16(21)7-5-14/h4-7,11,15H,2-3,8-10,12H2,1H3,(H2,22,27)/t15-/m0/s1. The molecule has 1 atom stereocenters. The summed E-state index contributed by atoms with van der Waals surface area (Å²) in [5.74, 6) is -0.0449. The molecule has 2 N–H and O–H groups in total. The Morgan fingerprint density at radius 3 is 2.70 bits per heavy atom. The average molecular weight is 370 g/mol. The largest absolute Gasteiger partial charge is 0.364 e. The summed E-state index contributed by atoms with van der Waals surface area (Å²) in [6.07, 6.45) is 2.86. The van der Waals surface area contributed by atoms with Crippen LogP contribution < -0.4 is 5.73 Å². The van der Waals surface area contributed by atoms with Crippen LogP contribution in [0.3, 0.4) is 0 Å². The van der Waals surface area contributed by atoms with E-state index in [9.17, 15) is 14.0 Å². The number of aryl methyl sites for hydroxylation is 1. The molecule has 0 spiro atoms. The predicted octanol–water partition coefficient (Wildman–Crippen LogP) is 2.05. The maximum absolute atomic E-state index is 13.0. The van der Waals surface area contributed by atoms with Crippen LogP contribution >= 0.6 is 0 Å². The second-order valence-corrected chi connectivity index (χ2v) is 7.01. The molecule has 3 rings (SSSR count). The second kappa shape index (κ2) is 8.24. The molecular weight excluding hydrogens is 347 g/mol. The summed E-state index contributed by atoms with van der Waals surface area (Å²) in [5.41, 5.74) is 7.12. The molecule has 27 heavy (non-hydrogen) atoms. The summed E-state index contributed by atoms with van der Waals surface area (Å²) in [6, 6.07) is 7.66. The van der Waals surface area contributed by atoms with Crippen molar-refractivity contribution >= 4 is 11.8 Å². The van der Waals surface area contributed by atoms with Gasteiger partial charge < -0.3 is 10.6 Å². The summed E-state index contributed by atoms with van der Waals surface area (Å²) in [7, 11) is 0. The summed E-state index contributed by atoms with van der Waals surface area (Å²) < 4.78 is 13.0. The van der Waals surface area contributed by atoms with E-state index in [1.54, 1.807) is 25.1 Å². The van der Waals surface area contributed by atoms with Crippen LogP contribution in [0, 0.1) is 18.7 Å². The smallest absolute Gasteiger partial charge is 0.267 e. The summed E-state index contributed by atoms with van der Waals surface area (Å²) in [5, 5.41) is 0. The molecule has 1 saturated heterocycles. The van der Waals surface area contributed by atoms with E-state index in [4.69, 9.17) is 5.73 Å². The number of hydrogen-bond donors (Lipinski definition) is 1. The zero-order valence-corrected chi connectivity index (χ0v) is 15.3. The number of hydrogen-bond acceptors (Lipinski definition) is 4. The van der Waals surface area contributed by atoms with Gasteiger partial charge in [0.05, 0.1) is 6.42 Å². The van der Waals surface area contributed by atoms with Gasteiger partial charge in [0.2, 0.25) is 5.91 Å². The van der Waals surface area contributed by atoms with E-state index in [2.05, 4.69) is 9.97 Å². The van der Waals surface area contributed by atoms with Gasteiger partial charge in [-0.15, -0.1) is 0 Å². The molecule has 6 nitrogen and oxygen atoms in total. The SMILES string of the molecule is Cc1nc(C[C@@H]2CCCN(C(=O)Cc3ccc(F)cc3)C2)cc(C(N)=O)n1. The van der Waals surface area contributed by atoms with Gasteiger partial charge in [0.1, 0.15) is 17.3 Å². The molecule has 0 bridgehead atoms. The van der Waals surface area contributed by atoms with Crippen molar-refractivity contribution in [1.29, 1.82) is 0 Å². The molecule has 2 amide bonds. The zero-order valence-electron chi connectivity index (χ0n) is 15.3. The Bertz CT molecular complexity index is 838. The molecule has 1 aromatic heterocycles. The lowest BCUT2D eigenvalue weighted by atomic mass is 9.92. The Morgan fingerprint density at radius 1 is 1.26 bits per heavy atom. The van der Waals surface area contributed by atoms with Gasteiger partial charge in [0, 0.05) is 18.8 Å². The van der Waals surface area contributed by atoms with Crippen LogP contribution in [0.15, 0.2) is 30.3 Å². The van der Waals surface area contributed by atoms with Crippen molar-refractivity contribution in [1.82, 2.24) is 14.9 Å². The molecule has 7 heteroatoms. The van der Waals surface area contributed by atoms with Crippen molar-refractivity contribution in [2.24, 2.45) is 11.7 Å². The number of nitrogens with two attached hydrogens (primary N) is 1. The van der Waals surface area contributed by atoms with Crippen LogP contribution in [0.25, 0.3) is 0 Å². The van der Waals surface area contributed by atoms with Crippen molar-refractivity contribution in [3.63, 3.8) is 0 Å². The number of rotatable bonds is 5. The van der Waals surface area contributed by atoms with Crippen molar-refractivity contribution in [3.8, 4) is 0 Å². The minimum absolute atomic E-state index is 0.0444. The van der Waals surface area contributed by atoms with E-state index in [0.717, 1.165) is 30.6 Å². The van der Waals surface area contributed by atoms with Crippen LogP contribution in [0.2, 0.25) is 0 Å². The molecular formula is C20H23FN4O2. The van der Waals surface area contributed by atoms with Crippen LogP contribution in [0.4, 0.5) is 4.39 Å². The summed E-state index contributed by atoms with van der Waals surface area (Å²) >= 11 is 0. The first-order valence-corrected chi connectivity index (χ1v) is 9.07. The number of piperidine rings is 1. The van der Waals surface area contributed by atoms with Gasteiger partial charge >= 0.3 is 0 Å². The number of nitrogens with zero attached hydrogens (tertiary/aromatic N) is 3. The number of likely N-dealkylation sites (tertiary alicyclic amines) is 1. The van der Waals surface area contributed by atoms with E-state index < -0.39 is 5.91 Å². The second-order valence-electron chi connectivity index (χ2n) is 7.01. The minimum atomic E-state index is -0.568. The van der Waals surface area contributed by atoms with Crippen LogP contribution in [0.5, 0.6) is 0 Å². The van der Waals surface area contributed by atoms with E-state index in [1.807, 2.05) is 4.90 Å². The Labute approximate surface area is 157 Å². The average Bonchev–Trinajstić information content (AvgIpc) is 2.63. The van der Waals surface area contributed by atoms with Gasteiger partial charge in [0.25, 0.3) is 5.91 Å². The van der Waals surface area contributed by atoms with Gasteiger partial charge in [-0.25, -0.2) is 14.4 Å². The molecule has 0 unspecified atom stereocenters. The number of carbonyl (C=O) groups excluding carboxylic acids is 2. The van der Waals surface area contributed by atoms with E-state index in [0.29, 0.717) is 18.8 Å². The maximum Gasteiger partial charge on any atom is 0.267 e. The molecule has 0 aliphatic carbocycles. The quantitative estimate of drug-likeness (QED) is 0.872. The number of amides is 2. The molecule has 2 aromatic rings. The molecule has 2 heterocycles. The van der Waals surface area contributed by atoms with Gasteiger partial charge in [-0.2, -0.15) is 0 Å². The summed E-state index contributed by atoms with van der Waals surface area (Å²) in [4.78, 5) is 34.3. The number of primary amides is 1. The number of benzene rings is 1. The number of carbonyl (C=O) groups is 2. The highest BCUT2D eigenvalue weighted by atomic mass is 19.1. The molecule has 1 fully saturated rings. The first kappa shape index (κ1) is 18.9. The zero-order chi connectivity index (χ0) is 19.4. The van der Waals surface area contributed by atoms with Crippen LogP contribution in [-0.2, 0) is 17.6 Å². The van der Waals surface area contributed by atoms with Gasteiger partial charge in [0.15, 0.2) is 0 Å². The minimum Gasteiger partial charge on any atom is -0.364 e. The topological polar surface area (TPSA) is 89.2 Å². The molecule has 0 saturated carbocycles. The van der Waals surface area contributed by atoms with Gasteiger partial charge in [-0.05, 0) is 55.9 Å². The lowest BCUT2D eigenvalue weighted by Crippen LogP contribution is -2.41. The van der Waals surface area contributed by atoms with Gasteiger partial charge in [-0.1, -0.05) is 12.1 Å². The molecule has 142 valence electrons. The van der Waals surface area contributed by atoms with E-state index >= 15 is 0 Å². The fraction of sp³-hybridized carbons (Fsp3) is 0.400. The normalized spacial score (nSPS) is 17.0. The molecule has 0 radical (unpaired) electrons. The van der Waals surface area contributed by atoms with Gasteiger partial charge in [-0.3, -0.25) is 9.59 Å². The van der Waals surface area contributed by atoms with E-state index in [1.165, 1.54) is 12.1 Å². The third-order valence-corrected chi connectivity index (χ3v) is 4.78. The highest BCUT2D eigenvalue weighted by Crippen LogP contribution is 2.21. The first-order chi connectivity index (χ1) is 12.9.